The Kier molecular flexibility index (Phi) is 5.05. The fourth-order valence-corrected chi connectivity index (χ4v) is 2.87. The smallest absolute Gasteiger partial charge is 0.411 e. The molecule has 0 atom stereocenters. The summed E-state index contributed by atoms with van der Waals surface area (Å²) in [7, 11) is 0. The number of halogens is 1. The van der Waals surface area contributed by atoms with Gasteiger partial charge in [-0.15, -0.1) is 0 Å². The number of amidine groups is 1. The molecular formula is C19H18ClN3O2. The van der Waals surface area contributed by atoms with Crippen LogP contribution in [0.3, 0.4) is 0 Å². The highest BCUT2D eigenvalue weighted by Gasteiger charge is 2.10. The van der Waals surface area contributed by atoms with E-state index in [0.29, 0.717) is 29.6 Å². The van der Waals surface area contributed by atoms with Crippen molar-refractivity contribution in [2.45, 2.75) is 13.3 Å². The van der Waals surface area contributed by atoms with Gasteiger partial charge in [0.25, 0.3) is 0 Å². The van der Waals surface area contributed by atoms with E-state index < -0.39 is 6.09 Å². The largest absolute Gasteiger partial charge is 0.450 e. The molecule has 2 aromatic carbocycles. The number of anilines is 1. The molecule has 1 heterocycles. The monoisotopic (exact) mass is 355 g/mol. The first kappa shape index (κ1) is 17.0. The number of rotatable bonds is 3. The molecule has 1 amide bonds. The first-order valence-corrected chi connectivity index (χ1v) is 8.32. The van der Waals surface area contributed by atoms with E-state index >= 15 is 0 Å². The quantitative estimate of drug-likeness (QED) is 0.815. The van der Waals surface area contributed by atoms with Crippen LogP contribution in [0.5, 0.6) is 0 Å². The molecule has 0 aliphatic carbocycles. The predicted octanol–water partition coefficient (Wildman–Crippen LogP) is 4.98. The maximum atomic E-state index is 11.5. The van der Waals surface area contributed by atoms with Gasteiger partial charge in [0.05, 0.1) is 17.3 Å². The van der Waals surface area contributed by atoms with Crippen LogP contribution in [-0.2, 0) is 4.74 Å². The van der Waals surface area contributed by atoms with Gasteiger partial charge in [-0.25, -0.2) is 9.79 Å². The summed E-state index contributed by atoms with van der Waals surface area (Å²) in [6.07, 6.45) is 4.13. The van der Waals surface area contributed by atoms with Crippen molar-refractivity contribution in [3.63, 3.8) is 0 Å². The minimum absolute atomic E-state index is 0.313. The van der Waals surface area contributed by atoms with E-state index in [1.165, 1.54) is 0 Å². The van der Waals surface area contributed by atoms with Gasteiger partial charge in [0.15, 0.2) is 0 Å². The lowest BCUT2D eigenvalue weighted by Crippen LogP contribution is -2.13. The normalized spacial score (nSPS) is 12.8. The lowest BCUT2D eigenvalue weighted by Gasteiger charge is -2.10. The summed E-state index contributed by atoms with van der Waals surface area (Å²) in [6, 6.07) is 11.3. The van der Waals surface area contributed by atoms with Crippen molar-refractivity contribution in [2.75, 3.05) is 11.9 Å². The Bertz CT molecular complexity index is 875. The molecule has 2 aromatic rings. The lowest BCUT2D eigenvalue weighted by atomic mass is 10.0. The second-order valence-corrected chi connectivity index (χ2v) is 5.93. The van der Waals surface area contributed by atoms with Crippen LogP contribution in [0, 0.1) is 0 Å². The zero-order chi connectivity index (χ0) is 17.8. The van der Waals surface area contributed by atoms with E-state index in [2.05, 4.69) is 10.3 Å². The number of carbonyl (C=O) groups is 1. The van der Waals surface area contributed by atoms with Gasteiger partial charge in [-0.3, -0.25) is 5.32 Å². The van der Waals surface area contributed by atoms with E-state index in [1.54, 1.807) is 19.1 Å². The summed E-state index contributed by atoms with van der Waals surface area (Å²) in [5.41, 5.74) is 10.1. The van der Waals surface area contributed by atoms with Crippen molar-refractivity contribution in [2.24, 2.45) is 10.7 Å². The van der Waals surface area contributed by atoms with Crippen molar-refractivity contribution < 1.29 is 9.53 Å². The predicted molar refractivity (Wildman–Crippen MR) is 102 cm³/mol. The van der Waals surface area contributed by atoms with Crippen molar-refractivity contribution >= 4 is 41.0 Å². The number of ether oxygens (including phenoxy) is 1. The molecule has 0 unspecified atom stereocenters. The minimum atomic E-state index is -0.503. The van der Waals surface area contributed by atoms with Crippen LogP contribution in [0.4, 0.5) is 16.2 Å². The summed E-state index contributed by atoms with van der Waals surface area (Å²) in [4.78, 5) is 15.9. The average Bonchev–Trinajstić information content (AvgIpc) is 2.75. The van der Waals surface area contributed by atoms with Gasteiger partial charge >= 0.3 is 6.09 Å². The maximum Gasteiger partial charge on any atom is 0.411 e. The summed E-state index contributed by atoms with van der Waals surface area (Å²) >= 11 is 6.41. The number of benzene rings is 2. The third-order valence-corrected chi connectivity index (χ3v) is 4.03. The lowest BCUT2D eigenvalue weighted by molar-refractivity contribution is 0.168. The average molecular weight is 356 g/mol. The second kappa shape index (κ2) is 7.40. The number of aliphatic imine (C=N–C) groups is 1. The molecule has 1 aliphatic rings. The Hall–Kier alpha value is -2.79. The molecular weight excluding hydrogens is 338 g/mol. The maximum absolute atomic E-state index is 11.5. The van der Waals surface area contributed by atoms with E-state index in [9.17, 15) is 4.79 Å². The number of nitrogens with two attached hydrogens (primary N) is 1. The number of hydrogen-bond donors (Lipinski definition) is 2. The SMILES string of the molecule is CCOC(=O)Nc1ccc(-c2ccc3c(c2)C=CCC(N)=N3)c(Cl)c1. The highest BCUT2D eigenvalue weighted by atomic mass is 35.5. The molecule has 0 spiro atoms. The van der Waals surface area contributed by atoms with Crippen LogP contribution < -0.4 is 11.1 Å². The van der Waals surface area contributed by atoms with Gasteiger partial charge in [0, 0.05) is 23.2 Å². The second-order valence-electron chi connectivity index (χ2n) is 5.52. The van der Waals surface area contributed by atoms with Crippen LogP contribution in [0.2, 0.25) is 5.02 Å². The number of nitrogens with zero attached hydrogens (tertiary/aromatic N) is 1. The highest BCUT2D eigenvalue weighted by molar-refractivity contribution is 6.33. The van der Waals surface area contributed by atoms with E-state index in [1.807, 2.05) is 36.4 Å². The number of hydrogen-bond acceptors (Lipinski definition) is 4. The van der Waals surface area contributed by atoms with Crippen LogP contribution in [0.25, 0.3) is 17.2 Å². The zero-order valence-corrected chi connectivity index (χ0v) is 14.5. The molecule has 3 N–H and O–H groups in total. The summed E-state index contributed by atoms with van der Waals surface area (Å²) in [5, 5.41) is 3.17. The Labute approximate surface area is 151 Å². The van der Waals surface area contributed by atoms with Crippen molar-refractivity contribution in [1.29, 1.82) is 0 Å². The Morgan fingerprint density at radius 3 is 2.92 bits per heavy atom. The van der Waals surface area contributed by atoms with Crippen LogP contribution in [-0.4, -0.2) is 18.5 Å². The van der Waals surface area contributed by atoms with Crippen LogP contribution in [0.15, 0.2) is 47.5 Å². The Balaban J connectivity index is 1.90. The van der Waals surface area contributed by atoms with Gasteiger partial charge in [-0.2, -0.15) is 0 Å². The molecule has 0 bridgehead atoms. The first-order valence-electron chi connectivity index (χ1n) is 7.94. The third-order valence-electron chi connectivity index (χ3n) is 3.72. The number of fused-ring (bicyclic) bond motifs is 1. The topological polar surface area (TPSA) is 76.7 Å². The third kappa shape index (κ3) is 4.00. The fraction of sp³-hybridized carbons (Fsp3) is 0.158. The molecule has 0 saturated heterocycles. The van der Waals surface area contributed by atoms with Gasteiger partial charge in [0.2, 0.25) is 0 Å². The summed E-state index contributed by atoms with van der Waals surface area (Å²) in [6.45, 7) is 2.06. The van der Waals surface area contributed by atoms with Gasteiger partial charge < -0.3 is 10.5 Å². The molecule has 6 heteroatoms. The van der Waals surface area contributed by atoms with Gasteiger partial charge in [-0.1, -0.05) is 35.9 Å². The van der Waals surface area contributed by atoms with Gasteiger partial charge in [0.1, 0.15) is 5.84 Å². The van der Waals surface area contributed by atoms with Crippen molar-refractivity contribution in [1.82, 2.24) is 0 Å². The minimum Gasteiger partial charge on any atom is -0.450 e. The Morgan fingerprint density at radius 1 is 1.32 bits per heavy atom. The van der Waals surface area contributed by atoms with Crippen LogP contribution in [0.1, 0.15) is 18.9 Å². The first-order chi connectivity index (χ1) is 12.1. The van der Waals surface area contributed by atoms with Crippen molar-refractivity contribution in [3.05, 3.63) is 53.1 Å². The number of amides is 1. The van der Waals surface area contributed by atoms with E-state index in [0.717, 1.165) is 22.4 Å². The summed E-state index contributed by atoms with van der Waals surface area (Å²) in [5.74, 6) is 0.593. The number of nitrogens with one attached hydrogen (secondary N) is 1. The molecule has 0 saturated carbocycles. The van der Waals surface area contributed by atoms with Crippen LogP contribution >= 0.6 is 11.6 Å². The fourth-order valence-electron chi connectivity index (χ4n) is 2.58. The molecule has 5 nitrogen and oxygen atoms in total. The van der Waals surface area contributed by atoms with E-state index in [-0.39, 0.29) is 0 Å². The van der Waals surface area contributed by atoms with Crippen molar-refractivity contribution in [3.8, 4) is 11.1 Å². The molecule has 1 aliphatic heterocycles. The molecule has 3 rings (SSSR count). The van der Waals surface area contributed by atoms with Gasteiger partial charge in [-0.05, 0) is 36.8 Å². The molecule has 25 heavy (non-hydrogen) atoms. The molecule has 128 valence electrons. The highest BCUT2D eigenvalue weighted by Crippen LogP contribution is 2.34. The zero-order valence-electron chi connectivity index (χ0n) is 13.8. The molecule has 0 aromatic heterocycles. The number of carbonyl (C=O) groups excluding carboxylic acids is 1. The standard InChI is InChI=1S/C19H18ClN3O2/c1-2-25-19(24)22-14-7-8-15(16(20)11-14)12-6-9-17-13(10-12)4-3-5-18(21)23-17/h3-4,6-11H,2,5H2,1H3,(H2,21,23)(H,22,24). The van der Waals surface area contributed by atoms with E-state index in [4.69, 9.17) is 22.1 Å². The molecule has 0 radical (unpaired) electrons. The summed E-state index contributed by atoms with van der Waals surface area (Å²) < 4.78 is 4.86. The molecule has 0 fully saturated rings. The Morgan fingerprint density at radius 2 is 2.16 bits per heavy atom.